The van der Waals surface area contributed by atoms with Crippen LogP contribution in [0.4, 0.5) is 4.39 Å². The Balaban J connectivity index is 2.02. The number of rotatable bonds is 4. The SMILES string of the molecule is CC(=O)N[C@@H]1CN(Cc2cc(F)cc(Br)c2)C[C@H]1CO. The molecule has 110 valence electrons. The van der Waals surface area contributed by atoms with Gasteiger partial charge in [-0.2, -0.15) is 0 Å². The first kappa shape index (κ1) is 15.4. The maximum Gasteiger partial charge on any atom is 0.217 e. The van der Waals surface area contributed by atoms with E-state index >= 15 is 0 Å². The van der Waals surface area contributed by atoms with Gasteiger partial charge in [0.25, 0.3) is 0 Å². The Kier molecular flexibility index (Phi) is 5.12. The molecule has 4 nitrogen and oxygen atoms in total. The first-order valence-electron chi connectivity index (χ1n) is 6.53. The average Bonchev–Trinajstić information content (AvgIpc) is 2.68. The van der Waals surface area contributed by atoms with Crippen molar-refractivity contribution in [2.75, 3.05) is 19.7 Å². The molecule has 0 saturated carbocycles. The van der Waals surface area contributed by atoms with Crippen molar-refractivity contribution in [1.29, 1.82) is 0 Å². The van der Waals surface area contributed by atoms with Crippen LogP contribution in [0, 0.1) is 11.7 Å². The zero-order valence-electron chi connectivity index (χ0n) is 11.3. The predicted octanol–water partition coefficient (Wildman–Crippen LogP) is 1.52. The molecular weight excluding hydrogens is 327 g/mol. The number of likely N-dealkylation sites (tertiary alicyclic amines) is 1. The Bertz CT molecular complexity index is 478. The van der Waals surface area contributed by atoms with Crippen LogP contribution in [0.15, 0.2) is 22.7 Å². The fraction of sp³-hybridized carbons (Fsp3) is 0.500. The van der Waals surface area contributed by atoms with Gasteiger partial charge in [0.2, 0.25) is 5.91 Å². The summed E-state index contributed by atoms with van der Waals surface area (Å²) >= 11 is 3.28. The summed E-state index contributed by atoms with van der Waals surface area (Å²) in [6.07, 6.45) is 0. The van der Waals surface area contributed by atoms with E-state index in [0.29, 0.717) is 24.1 Å². The van der Waals surface area contributed by atoms with Crippen molar-refractivity contribution < 1.29 is 14.3 Å². The molecule has 1 aliphatic rings. The number of aliphatic hydroxyl groups is 1. The number of hydrogen-bond acceptors (Lipinski definition) is 3. The van der Waals surface area contributed by atoms with Gasteiger partial charge in [0, 0.05) is 49.6 Å². The first-order valence-corrected chi connectivity index (χ1v) is 7.32. The van der Waals surface area contributed by atoms with Gasteiger partial charge < -0.3 is 10.4 Å². The number of benzene rings is 1. The maximum absolute atomic E-state index is 13.3. The zero-order valence-corrected chi connectivity index (χ0v) is 12.9. The fourth-order valence-corrected chi connectivity index (χ4v) is 3.17. The summed E-state index contributed by atoms with van der Waals surface area (Å²) in [6, 6.07) is 4.76. The molecule has 1 heterocycles. The van der Waals surface area contributed by atoms with E-state index in [-0.39, 0.29) is 30.3 Å². The predicted molar refractivity (Wildman–Crippen MR) is 77.6 cm³/mol. The van der Waals surface area contributed by atoms with Crippen LogP contribution in [0.3, 0.4) is 0 Å². The average molecular weight is 345 g/mol. The summed E-state index contributed by atoms with van der Waals surface area (Å²) < 4.78 is 14.1. The lowest BCUT2D eigenvalue weighted by atomic mass is 10.1. The van der Waals surface area contributed by atoms with Gasteiger partial charge in [0.15, 0.2) is 0 Å². The quantitative estimate of drug-likeness (QED) is 0.870. The fourth-order valence-electron chi connectivity index (χ4n) is 2.66. The Morgan fingerprint density at radius 2 is 2.25 bits per heavy atom. The highest BCUT2D eigenvalue weighted by Gasteiger charge is 2.32. The molecular formula is C14H18BrFN2O2. The number of aliphatic hydroxyl groups excluding tert-OH is 1. The zero-order chi connectivity index (χ0) is 14.7. The highest BCUT2D eigenvalue weighted by Crippen LogP contribution is 2.21. The van der Waals surface area contributed by atoms with Crippen LogP contribution >= 0.6 is 15.9 Å². The Morgan fingerprint density at radius 1 is 1.50 bits per heavy atom. The lowest BCUT2D eigenvalue weighted by Gasteiger charge is -2.17. The van der Waals surface area contributed by atoms with Crippen molar-refractivity contribution >= 4 is 21.8 Å². The molecule has 1 amide bonds. The summed E-state index contributed by atoms with van der Waals surface area (Å²) in [6.45, 7) is 3.46. The molecule has 1 saturated heterocycles. The minimum atomic E-state index is -0.273. The highest BCUT2D eigenvalue weighted by molar-refractivity contribution is 9.10. The van der Waals surface area contributed by atoms with E-state index in [2.05, 4.69) is 26.1 Å². The molecule has 0 spiro atoms. The number of nitrogens with one attached hydrogen (secondary N) is 1. The summed E-state index contributed by atoms with van der Waals surface area (Å²) in [5, 5.41) is 12.2. The molecule has 0 unspecified atom stereocenters. The van der Waals surface area contributed by atoms with E-state index < -0.39 is 0 Å². The number of carbonyl (C=O) groups excluding carboxylic acids is 1. The van der Waals surface area contributed by atoms with Crippen molar-refractivity contribution in [3.05, 3.63) is 34.1 Å². The second kappa shape index (κ2) is 6.65. The molecule has 0 aliphatic carbocycles. The summed E-state index contributed by atoms with van der Waals surface area (Å²) in [4.78, 5) is 13.3. The molecule has 0 radical (unpaired) electrons. The summed E-state index contributed by atoms with van der Waals surface area (Å²) in [5.74, 6) is -0.342. The molecule has 0 bridgehead atoms. The van der Waals surface area contributed by atoms with Crippen LogP contribution in [0.1, 0.15) is 12.5 Å². The molecule has 6 heteroatoms. The molecule has 1 aromatic carbocycles. The van der Waals surface area contributed by atoms with Crippen LogP contribution in [-0.4, -0.2) is 41.7 Å². The smallest absolute Gasteiger partial charge is 0.217 e. The third-order valence-corrected chi connectivity index (χ3v) is 3.93. The third kappa shape index (κ3) is 4.01. The van der Waals surface area contributed by atoms with E-state index in [1.807, 2.05) is 6.07 Å². The van der Waals surface area contributed by atoms with Gasteiger partial charge in [-0.05, 0) is 23.8 Å². The second-order valence-corrected chi connectivity index (χ2v) is 6.14. The van der Waals surface area contributed by atoms with Crippen molar-refractivity contribution in [2.24, 2.45) is 5.92 Å². The van der Waals surface area contributed by atoms with E-state index in [4.69, 9.17) is 0 Å². The monoisotopic (exact) mass is 344 g/mol. The first-order chi connectivity index (χ1) is 9.47. The van der Waals surface area contributed by atoms with Crippen molar-refractivity contribution in [1.82, 2.24) is 10.2 Å². The van der Waals surface area contributed by atoms with E-state index in [1.54, 1.807) is 0 Å². The second-order valence-electron chi connectivity index (χ2n) is 5.22. The number of hydrogen-bond donors (Lipinski definition) is 2. The minimum absolute atomic E-state index is 0.0240. The minimum Gasteiger partial charge on any atom is -0.396 e. The van der Waals surface area contributed by atoms with E-state index in [9.17, 15) is 14.3 Å². The largest absolute Gasteiger partial charge is 0.396 e. The standard InChI is InChI=1S/C14H18BrFN2O2/c1-9(20)17-14-7-18(6-11(14)8-19)5-10-2-12(15)4-13(16)3-10/h2-4,11,14,19H,5-8H2,1H3,(H,17,20)/t11-,14+/m0/s1. The molecule has 2 rings (SSSR count). The van der Waals surface area contributed by atoms with Gasteiger partial charge in [0.05, 0.1) is 0 Å². The number of nitrogens with zero attached hydrogens (tertiary/aromatic N) is 1. The molecule has 1 fully saturated rings. The van der Waals surface area contributed by atoms with Gasteiger partial charge in [-0.3, -0.25) is 9.69 Å². The van der Waals surface area contributed by atoms with Crippen molar-refractivity contribution in [3.8, 4) is 0 Å². The Hall–Kier alpha value is -0.980. The van der Waals surface area contributed by atoms with Gasteiger partial charge >= 0.3 is 0 Å². The van der Waals surface area contributed by atoms with Crippen molar-refractivity contribution in [2.45, 2.75) is 19.5 Å². The van der Waals surface area contributed by atoms with Crippen LogP contribution < -0.4 is 5.32 Å². The van der Waals surface area contributed by atoms with Gasteiger partial charge in [-0.25, -0.2) is 4.39 Å². The Labute approximate surface area is 126 Å². The Morgan fingerprint density at radius 3 is 2.85 bits per heavy atom. The third-order valence-electron chi connectivity index (χ3n) is 3.47. The van der Waals surface area contributed by atoms with Crippen LogP contribution in [-0.2, 0) is 11.3 Å². The molecule has 2 atom stereocenters. The lowest BCUT2D eigenvalue weighted by molar-refractivity contribution is -0.119. The molecule has 2 N–H and O–H groups in total. The van der Waals surface area contributed by atoms with Gasteiger partial charge in [-0.1, -0.05) is 15.9 Å². The van der Waals surface area contributed by atoms with Gasteiger partial charge in [-0.15, -0.1) is 0 Å². The molecule has 0 aromatic heterocycles. The molecule has 1 aromatic rings. The normalized spacial score (nSPS) is 23.0. The summed E-state index contributed by atoms with van der Waals surface area (Å²) in [7, 11) is 0. The molecule has 1 aliphatic heterocycles. The lowest BCUT2D eigenvalue weighted by Crippen LogP contribution is -2.40. The van der Waals surface area contributed by atoms with Crippen LogP contribution in [0.5, 0.6) is 0 Å². The maximum atomic E-state index is 13.3. The van der Waals surface area contributed by atoms with Gasteiger partial charge in [0.1, 0.15) is 5.82 Å². The van der Waals surface area contributed by atoms with E-state index in [0.717, 1.165) is 5.56 Å². The number of amides is 1. The molecule has 20 heavy (non-hydrogen) atoms. The van der Waals surface area contributed by atoms with Crippen molar-refractivity contribution in [3.63, 3.8) is 0 Å². The highest BCUT2D eigenvalue weighted by atomic mass is 79.9. The summed E-state index contributed by atoms with van der Waals surface area (Å²) in [5.41, 5.74) is 0.872. The van der Waals surface area contributed by atoms with Crippen LogP contribution in [0.25, 0.3) is 0 Å². The number of halogens is 2. The topological polar surface area (TPSA) is 52.6 Å². The van der Waals surface area contributed by atoms with Crippen LogP contribution in [0.2, 0.25) is 0 Å². The number of carbonyl (C=O) groups is 1. The van der Waals surface area contributed by atoms with E-state index in [1.165, 1.54) is 19.1 Å².